The Morgan fingerprint density at radius 1 is 1.33 bits per heavy atom. The fourth-order valence-electron chi connectivity index (χ4n) is 2.68. The molecule has 0 radical (unpaired) electrons. The summed E-state index contributed by atoms with van der Waals surface area (Å²) in [5, 5.41) is 3.00. The Hall–Kier alpha value is -1.91. The van der Waals surface area contributed by atoms with Crippen molar-refractivity contribution in [2.45, 2.75) is 38.3 Å². The number of amides is 2. The van der Waals surface area contributed by atoms with Crippen molar-refractivity contribution in [3.05, 3.63) is 35.6 Å². The number of carbonyl (C=O) groups is 2. The van der Waals surface area contributed by atoms with Gasteiger partial charge in [0, 0.05) is 25.6 Å². The maximum atomic E-state index is 13.2. The quantitative estimate of drug-likeness (QED) is 0.920. The first-order chi connectivity index (χ1) is 10.1. The van der Waals surface area contributed by atoms with Gasteiger partial charge in [-0.1, -0.05) is 12.1 Å². The molecule has 0 aromatic heterocycles. The van der Waals surface area contributed by atoms with E-state index in [4.69, 9.17) is 0 Å². The highest BCUT2D eigenvalue weighted by Gasteiger charge is 2.33. The molecule has 0 spiro atoms. The fourth-order valence-corrected chi connectivity index (χ4v) is 2.68. The predicted molar refractivity (Wildman–Crippen MR) is 75.7 cm³/mol. The van der Waals surface area contributed by atoms with E-state index >= 15 is 0 Å². The second-order valence-corrected chi connectivity index (χ2v) is 5.92. The van der Waals surface area contributed by atoms with Crippen LogP contribution in [0.1, 0.15) is 31.2 Å². The number of nitrogens with zero attached hydrogens (tertiary/aromatic N) is 1. The number of hydrogen-bond acceptors (Lipinski definition) is 2. The minimum atomic E-state index is -0.306. The van der Waals surface area contributed by atoms with Crippen molar-refractivity contribution in [3.63, 3.8) is 0 Å². The normalized spacial score (nSPS) is 22.2. The highest BCUT2D eigenvalue weighted by molar-refractivity contribution is 5.84. The summed E-state index contributed by atoms with van der Waals surface area (Å²) in [6, 6.07) is 6.58. The van der Waals surface area contributed by atoms with Crippen LogP contribution in [0.4, 0.5) is 4.39 Å². The van der Waals surface area contributed by atoms with Crippen LogP contribution in [0.2, 0.25) is 0 Å². The van der Waals surface area contributed by atoms with E-state index in [-0.39, 0.29) is 23.5 Å². The van der Waals surface area contributed by atoms with Gasteiger partial charge < -0.3 is 10.2 Å². The number of rotatable bonds is 4. The van der Waals surface area contributed by atoms with E-state index < -0.39 is 0 Å². The molecule has 1 aliphatic heterocycles. The molecule has 3 rings (SSSR count). The summed E-state index contributed by atoms with van der Waals surface area (Å²) in [4.78, 5) is 25.7. The first kappa shape index (κ1) is 14.0. The van der Waals surface area contributed by atoms with Crippen LogP contribution in [-0.4, -0.2) is 29.3 Å². The van der Waals surface area contributed by atoms with Crippen LogP contribution in [0, 0.1) is 11.7 Å². The summed E-state index contributed by atoms with van der Waals surface area (Å²) in [6.07, 6.45) is 3.11. The lowest BCUT2D eigenvalue weighted by Crippen LogP contribution is -2.45. The van der Waals surface area contributed by atoms with Crippen LogP contribution in [0.5, 0.6) is 0 Å². The summed E-state index contributed by atoms with van der Waals surface area (Å²) < 4.78 is 13.2. The fraction of sp³-hybridized carbons (Fsp3) is 0.500. The molecular weight excluding hydrogens is 271 g/mol. The number of piperidine rings is 1. The van der Waals surface area contributed by atoms with E-state index in [2.05, 4.69) is 5.32 Å². The molecular formula is C16H19FN2O2. The van der Waals surface area contributed by atoms with E-state index in [0.717, 1.165) is 18.4 Å². The van der Waals surface area contributed by atoms with Gasteiger partial charge in [0.2, 0.25) is 11.8 Å². The third kappa shape index (κ3) is 3.60. The molecule has 112 valence electrons. The van der Waals surface area contributed by atoms with Gasteiger partial charge in [-0.3, -0.25) is 9.59 Å². The van der Waals surface area contributed by atoms with Crippen LogP contribution >= 0.6 is 0 Å². The van der Waals surface area contributed by atoms with E-state index in [1.807, 2.05) is 0 Å². The maximum absolute atomic E-state index is 13.2. The lowest BCUT2D eigenvalue weighted by molar-refractivity contribution is -0.138. The molecule has 5 heteroatoms. The van der Waals surface area contributed by atoms with Gasteiger partial charge in [0.15, 0.2) is 0 Å². The zero-order valence-corrected chi connectivity index (χ0v) is 11.8. The van der Waals surface area contributed by atoms with Crippen molar-refractivity contribution in [3.8, 4) is 0 Å². The molecule has 1 saturated carbocycles. The molecule has 1 aliphatic carbocycles. The Balaban J connectivity index is 1.62. The standard InChI is InChI=1S/C16H19FN2O2/c17-13-3-1-2-11(8-13)9-19-10-12(4-7-15(19)20)16(21)18-14-5-6-14/h1-3,8,12,14H,4-7,9-10H2,(H,18,21)/t12-/m1/s1. The zero-order chi connectivity index (χ0) is 14.8. The van der Waals surface area contributed by atoms with E-state index in [1.54, 1.807) is 17.0 Å². The molecule has 0 unspecified atom stereocenters. The highest BCUT2D eigenvalue weighted by atomic mass is 19.1. The van der Waals surface area contributed by atoms with Crippen molar-refractivity contribution in [1.29, 1.82) is 0 Å². The van der Waals surface area contributed by atoms with Crippen LogP contribution in [0.3, 0.4) is 0 Å². The monoisotopic (exact) mass is 290 g/mol. The van der Waals surface area contributed by atoms with Crippen LogP contribution in [0.15, 0.2) is 24.3 Å². The van der Waals surface area contributed by atoms with Gasteiger partial charge in [-0.2, -0.15) is 0 Å². The molecule has 1 aromatic carbocycles. The van der Waals surface area contributed by atoms with Gasteiger partial charge in [-0.05, 0) is 37.0 Å². The van der Waals surface area contributed by atoms with Crippen molar-refractivity contribution in [1.82, 2.24) is 10.2 Å². The van der Waals surface area contributed by atoms with E-state index in [1.165, 1.54) is 12.1 Å². The molecule has 1 N–H and O–H groups in total. The van der Waals surface area contributed by atoms with Crippen LogP contribution in [0.25, 0.3) is 0 Å². The summed E-state index contributed by atoms with van der Waals surface area (Å²) in [7, 11) is 0. The van der Waals surface area contributed by atoms with Gasteiger partial charge >= 0.3 is 0 Å². The smallest absolute Gasteiger partial charge is 0.225 e. The lowest BCUT2D eigenvalue weighted by Gasteiger charge is -2.32. The molecule has 4 nitrogen and oxygen atoms in total. The minimum Gasteiger partial charge on any atom is -0.353 e. The van der Waals surface area contributed by atoms with Gasteiger partial charge in [-0.25, -0.2) is 4.39 Å². The number of halogens is 1. The average molecular weight is 290 g/mol. The summed E-state index contributed by atoms with van der Waals surface area (Å²) in [5.74, 6) is -0.360. The Kier molecular flexibility index (Phi) is 3.90. The Morgan fingerprint density at radius 2 is 2.14 bits per heavy atom. The number of benzene rings is 1. The molecule has 2 amide bonds. The number of hydrogen-bond donors (Lipinski definition) is 1. The van der Waals surface area contributed by atoms with Gasteiger partial charge in [0.05, 0.1) is 5.92 Å². The van der Waals surface area contributed by atoms with E-state index in [9.17, 15) is 14.0 Å². The third-order valence-corrected chi connectivity index (χ3v) is 4.06. The molecule has 1 saturated heterocycles. The largest absolute Gasteiger partial charge is 0.353 e. The SMILES string of the molecule is O=C(NC1CC1)[C@@H]1CCC(=O)N(Cc2cccc(F)c2)C1. The third-order valence-electron chi connectivity index (χ3n) is 4.06. The molecule has 1 aromatic rings. The maximum Gasteiger partial charge on any atom is 0.225 e. The lowest BCUT2D eigenvalue weighted by atomic mass is 9.96. The van der Waals surface area contributed by atoms with Gasteiger partial charge in [-0.15, -0.1) is 0 Å². The number of nitrogens with one attached hydrogen (secondary N) is 1. The number of carbonyl (C=O) groups excluding carboxylic acids is 2. The minimum absolute atomic E-state index is 0.0368. The Bertz CT molecular complexity index is 557. The average Bonchev–Trinajstić information content (AvgIpc) is 3.25. The summed E-state index contributed by atoms with van der Waals surface area (Å²) >= 11 is 0. The predicted octanol–water partition coefficient (Wildman–Crippen LogP) is 1.84. The van der Waals surface area contributed by atoms with Gasteiger partial charge in [0.1, 0.15) is 5.82 Å². The van der Waals surface area contributed by atoms with Crippen molar-refractivity contribution < 1.29 is 14.0 Å². The van der Waals surface area contributed by atoms with Gasteiger partial charge in [0.25, 0.3) is 0 Å². The second kappa shape index (κ2) is 5.84. The van der Waals surface area contributed by atoms with Crippen LogP contribution in [-0.2, 0) is 16.1 Å². The summed E-state index contributed by atoms with van der Waals surface area (Å²) in [6.45, 7) is 0.789. The molecule has 1 heterocycles. The van der Waals surface area contributed by atoms with E-state index in [0.29, 0.717) is 32.0 Å². The molecule has 2 fully saturated rings. The van der Waals surface area contributed by atoms with Crippen molar-refractivity contribution in [2.24, 2.45) is 5.92 Å². The molecule has 2 aliphatic rings. The Morgan fingerprint density at radius 3 is 2.86 bits per heavy atom. The molecule has 0 bridgehead atoms. The Labute approximate surface area is 123 Å². The first-order valence-electron chi connectivity index (χ1n) is 7.44. The number of likely N-dealkylation sites (tertiary alicyclic amines) is 1. The topological polar surface area (TPSA) is 49.4 Å². The highest BCUT2D eigenvalue weighted by Crippen LogP contribution is 2.23. The van der Waals surface area contributed by atoms with Crippen molar-refractivity contribution >= 4 is 11.8 Å². The first-order valence-corrected chi connectivity index (χ1v) is 7.44. The van der Waals surface area contributed by atoms with Crippen LogP contribution < -0.4 is 5.32 Å². The van der Waals surface area contributed by atoms with Crippen molar-refractivity contribution in [2.75, 3.05) is 6.54 Å². The second-order valence-electron chi connectivity index (χ2n) is 5.92. The molecule has 1 atom stereocenters. The zero-order valence-electron chi connectivity index (χ0n) is 11.8. The molecule has 21 heavy (non-hydrogen) atoms. The summed E-state index contributed by atoms with van der Waals surface area (Å²) in [5.41, 5.74) is 0.756.